The van der Waals surface area contributed by atoms with E-state index in [-0.39, 0.29) is 21.9 Å². The molecule has 3 rings (SSSR count). The minimum Gasteiger partial charge on any atom is -0.507 e. The Morgan fingerprint density at radius 3 is 2.68 bits per heavy atom. The molecule has 1 aromatic heterocycles. The van der Waals surface area contributed by atoms with Gasteiger partial charge < -0.3 is 19.6 Å². The highest BCUT2D eigenvalue weighted by Crippen LogP contribution is 2.40. The molecule has 2 heterocycles. The number of aromatic nitrogens is 1. The number of ether oxygens (including phenoxy) is 1. The minimum absolute atomic E-state index is 0.0240. The summed E-state index contributed by atoms with van der Waals surface area (Å²) >= 11 is 6.32. The number of hydrogen-bond acceptors (Lipinski definition) is 6. The van der Waals surface area contributed by atoms with E-state index in [9.17, 15) is 14.7 Å². The third-order valence-electron chi connectivity index (χ3n) is 5.02. The van der Waals surface area contributed by atoms with E-state index in [1.807, 2.05) is 25.9 Å². The highest BCUT2D eigenvalue weighted by atomic mass is 35.5. The molecule has 1 aliphatic heterocycles. The zero-order chi connectivity index (χ0) is 22.5. The molecule has 1 amide bonds. The van der Waals surface area contributed by atoms with Crippen molar-refractivity contribution in [1.29, 1.82) is 0 Å². The maximum Gasteiger partial charge on any atom is 0.295 e. The van der Waals surface area contributed by atoms with Crippen LogP contribution in [0.3, 0.4) is 0 Å². The number of carbonyl (C=O) groups excluding carboxylic acids is 2. The second-order valence-electron chi connectivity index (χ2n) is 7.48. The maximum atomic E-state index is 13.0. The molecule has 1 fully saturated rings. The van der Waals surface area contributed by atoms with E-state index in [2.05, 4.69) is 4.98 Å². The summed E-state index contributed by atoms with van der Waals surface area (Å²) in [6.07, 6.45) is 2.27. The van der Waals surface area contributed by atoms with E-state index in [1.165, 1.54) is 4.90 Å². The van der Waals surface area contributed by atoms with Crippen LogP contribution in [0.25, 0.3) is 5.76 Å². The molecule has 164 valence electrons. The van der Waals surface area contributed by atoms with Gasteiger partial charge in [-0.25, -0.2) is 0 Å². The zero-order valence-electron chi connectivity index (χ0n) is 17.8. The lowest BCUT2D eigenvalue weighted by molar-refractivity contribution is -0.140. The molecular weight excluding hydrogens is 418 g/mol. The fraction of sp³-hybridized carbons (Fsp3) is 0.348. The minimum atomic E-state index is -0.796. The van der Waals surface area contributed by atoms with Gasteiger partial charge in [0, 0.05) is 18.3 Å². The predicted octanol–water partition coefficient (Wildman–Crippen LogP) is 3.51. The molecule has 1 saturated heterocycles. The van der Waals surface area contributed by atoms with Crippen LogP contribution in [0.4, 0.5) is 0 Å². The number of pyridine rings is 1. The van der Waals surface area contributed by atoms with Crippen LogP contribution in [-0.4, -0.2) is 65.4 Å². The van der Waals surface area contributed by atoms with Crippen LogP contribution in [0.2, 0.25) is 5.02 Å². The third kappa shape index (κ3) is 4.89. The molecule has 1 unspecified atom stereocenters. The summed E-state index contributed by atoms with van der Waals surface area (Å²) in [4.78, 5) is 33.7. The van der Waals surface area contributed by atoms with Crippen molar-refractivity contribution >= 4 is 29.1 Å². The number of likely N-dealkylation sites (tertiary alicyclic amines) is 1. The lowest BCUT2D eigenvalue weighted by atomic mass is 9.98. The second-order valence-corrected chi connectivity index (χ2v) is 7.89. The molecule has 7 nitrogen and oxygen atoms in total. The average molecular weight is 444 g/mol. The molecule has 31 heavy (non-hydrogen) atoms. The van der Waals surface area contributed by atoms with E-state index < -0.39 is 17.7 Å². The van der Waals surface area contributed by atoms with E-state index in [1.54, 1.807) is 42.6 Å². The number of nitrogens with zero attached hydrogens (tertiary/aromatic N) is 3. The summed E-state index contributed by atoms with van der Waals surface area (Å²) < 4.78 is 5.50. The van der Waals surface area contributed by atoms with Crippen molar-refractivity contribution in [2.75, 3.05) is 33.8 Å². The summed E-state index contributed by atoms with van der Waals surface area (Å²) in [5.41, 5.74) is 0.717. The van der Waals surface area contributed by atoms with Gasteiger partial charge in [0.2, 0.25) is 0 Å². The largest absolute Gasteiger partial charge is 0.507 e. The first-order chi connectivity index (χ1) is 14.8. The van der Waals surface area contributed by atoms with Gasteiger partial charge in [0.05, 0.1) is 22.9 Å². The predicted molar refractivity (Wildman–Crippen MR) is 119 cm³/mol. The van der Waals surface area contributed by atoms with Gasteiger partial charge in [0.25, 0.3) is 11.7 Å². The number of halogens is 1. The molecule has 1 aromatic carbocycles. The van der Waals surface area contributed by atoms with Gasteiger partial charge in [-0.05, 0) is 64.3 Å². The molecule has 1 aliphatic rings. The Labute approximate surface area is 186 Å². The molecular formula is C23H26ClN3O4. The topological polar surface area (TPSA) is 83.0 Å². The highest BCUT2D eigenvalue weighted by Gasteiger charge is 2.46. The van der Waals surface area contributed by atoms with Crippen LogP contribution in [0, 0.1) is 0 Å². The summed E-state index contributed by atoms with van der Waals surface area (Å²) in [6, 6.07) is 9.31. The van der Waals surface area contributed by atoms with E-state index >= 15 is 0 Å². The van der Waals surface area contributed by atoms with Crippen LogP contribution in [0.15, 0.2) is 48.2 Å². The first kappa shape index (κ1) is 22.8. The number of aliphatic hydroxyl groups excluding tert-OH is 1. The standard InChI is InChI=1S/C23H26ClN3O4/c1-4-31-15-9-10-17(24)16(14-15)21(28)19-20(18-8-5-6-11-25-18)27(23(30)22(19)29)13-7-12-26(2)3/h5-6,8-11,14,20,28H,4,7,12-13H2,1-3H3/b21-19+. The van der Waals surface area contributed by atoms with Gasteiger partial charge in [-0.2, -0.15) is 0 Å². The monoisotopic (exact) mass is 443 g/mol. The van der Waals surface area contributed by atoms with Gasteiger partial charge >= 0.3 is 0 Å². The van der Waals surface area contributed by atoms with E-state index in [0.29, 0.717) is 31.0 Å². The Kier molecular flexibility index (Phi) is 7.30. The van der Waals surface area contributed by atoms with Crippen LogP contribution in [0.1, 0.15) is 30.6 Å². The number of hydrogen-bond donors (Lipinski definition) is 1. The van der Waals surface area contributed by atoms with Crippen LogP contribution >= 0.6 is 11.6 Å². The van der Waals surface area contributed by atoms with Crippen molar-refractivity contribution in [2.45, 2.75) is 19.4 Å². The van der Waals surface area contributed by atoms with E-state index in [0.717, 1.165) is 6.54 Å². The van der Waals surface area contributed by atoms with Crippen molar-refractivity contribution in [3.8, 4) is 5.75 Å². The normalized spacial score (nSPS) is 18.1. The van der Waals surface area contributed by atoms with Crippen LogP contribution < -0.4 is 4.74 Å². The number of aliphatic hydroxyl groups is 1. The Hall–Kier alpha value is -2.90. The first-order valence-electron chi connectivity index (χ1n) is 10.1. The molecule has 1 atom stereocenters. The van der Waals surface area contributed by atoms with Crippen molar-refractivity contribution in [3.05, 3.63) is 64.4 Å². The van der Waals surface area contributed by atoms with Crippen molar-refractivity contribution < 1.29 is 19.4 Å². The van der Waals surface area contributed by atoms with Crippen molar-refractivity contribution in [2.24, 2.45) is 0 Å². The molecule has 2 aromatic rings. The third-order valence-corrected chi connectivity index (χ3v) is 5.35. The Morgan fingerprint density at radius 2 is 2.03 bits per heavy atom. The molecule has 0 radical (unpaired) electrons. The maximum absolute atomic E-state index is 13.0. The summed E-state index contributed by atoms with van der Waals surface area (Å²) in [6.45, 7) is 3.38. The number of benzene rings is 1. The molecule has 0 spiro atoms. The number of carbonyl (C=O) groups is 2. The fourth-order valence-corrected chi connectivity index (χ4v) is 3.81. The number of amides is 1. The smallest absolute Gasteiger partial charge is 0.295 e. The van der Waals surface area contributed by atoms with Crippen LogP contribution in [0.5, 0.6) is 5.75 Å². The second kappa shape index (κ2) is 9.94. The number of ketones is 1. The fourth-order valence-electron chi connectivity index (χ4n) is 3.60. The van der Waals surface area contributed by atoms with Gasteiger partial charge in [-0.15, -0.1) is 0 Å². The van der Waals surface area contributed by atoms with Crippen LogP contribution in [-0.2, 0) is 9.59 Å². The van der Waals surface area contributed by atoms with Crippen molar-refractivity contribution in [1.82, 2.24) is 14.8 Å². The Bertz CT molecular complexity index is 992. The van der Waals surface area contributed by atoms with Gasteiger partial charge in [-0.1, -0.05) is 17.7 Å². The summed E-state index contributed by atoms with van der Waals surface area (Å²) in [5.74, 6) is -1.25. The summed E-state index contributed by atoms with van der Waals surface area (Å²) in [5, 5.41) is 11.4. The van der Waals surface area contributed by atoms with Crippen molar-refractivity contribution in [3.63, 3.8) is 0 Å². The lowest BCUT2D eigenvalue weighted by Crippen LogP contribution is -2.32. The molecule has 0 aliphatic carbocycles. The van der Waals surface area contributed by atoms with E-state index in [4.69, 9.17) is 16.3 Å². The van der Waals surface area contributed by atoms with Gasteiger partial charge in [-0.3, -0.25) is 14.6 Å². The number of Topliss-reactive ketones (excluding diaryl/α,β-unsaturated/α-hetero) is 1. The van der Waals surface area contributed by atoms with Gasteiger partial charge in [0.1, 0.15) is 17.6 Å². The SMILES string of the molecule is CCOc1ccc(Cl)c(/C(O)=C2\C(=O)C(=O)N(CCCN(C)C)C2c2ccccn2)c1. The molecule has 0 saturated carbocycles. The van der Waals surface area contributed by atoms with Gasteiger partial charge in [0.15, 0.2) is 0 Å². The molecule has 8 heteroatoms. The highest BCUT2D eigenvalue weighted by molar-refractivity contribution is 6.47. The zero-order valence-corrected chi connectivity index (χ0v) is 18.6. The Balaban J connectivity index is 2.11. The number of rotatable bonds is 8. The molecule has 1 N–H and O–H groups in total. The lowest BCUT2D eigenvalue weighted by Gasteiger charge is -2.25. The average Bonchev–Trinajstić information content (AvgIpc) is 3.00. The Morgan fingerprint density at radius 1 is 1.26 bits per heavy atom. The summed E-state index contributed by atoms with van der Waals surface area (Å²) in [7, 11) is 3.88. The quantitative estimate of drug-likeness (QED) is 0.382. The first-order valence-corrected chi connectivity index (χ1v) is 10.5. The molecule has 0 bridgehead atoms.